The first-order valence-corrected chi connectivity index (χ1v) is 29.2. The van der Waals surface area contributed by atoms with Gasteiger partial charge in [0.15, 0.2) is 15.2 Å². The van der Waals surface area contributed by atoms with E-state index in [9.17, 15) is 41.6 Å². The van der Waals surface area contributed by atoms with Gasteiger partial charge in [-0.15, -0.1) is 20.5 Å². The number of hydrogen-bond acceptors (Lipinski definition) is 27. The van der Waals surface area contributed by atoms with Crippen LogP contribution in [0.15, 0.2) is 96.1 Å². The number of aromatic nitrogens is 5. The summed E-state index contributed by atoms with van der Waals surface area (Å²) >= 11 is 2.80. The predicted octanol–water partition coefficient (Wildman–Crippen LogP) is 10.5. The number of nitrogens with zero attached hydrogens (tertiary/aromatic N) is 13. The van der Waals surface area contributed by atoms with Gasteiger partial charge < -0.3 is 44.5 Å². The number of methoxy groups -OCH3 is 4. The average Bonchev–Trinajstić information content (AvgIpc) is 4.09. The molecule has 0 atom stereocenters. The molecule has 0 aliphatic heterocycles. The SMILES string of the molecule is CCN(CC)c1cc(Nc2nc(Nc3cc(N(CC)CC)c(OC)cc3N=Nc3snc(-c4ccc(OC)c(S(=O)(=O)O)c4)c3C#N)nc(SCCO)n2)c(N=Nc2snc(-c3ccc(OC)c(S(=O)(=O)O)c3)c2C#N)cc1OC. The zero-order valence-electron chi connectivity index (χ0n) is 44.0. The fourth-order valence-electron chi connectivity index (χ4n) is 7.89. The molecular formula is C49H51N15O11S5. The Labute approximate surface area is 472 Å². The monoisotopic (exact) mass is 1190 g/mol. The van der Waals surface area contributed by atoms with E-state index in [1.165, 1.54) is 52.7 Å². The van der Waals surface area contributed by atoms with Gasteiger partial charge in [-0.1, -0.05) is 11.8 Å². The Kier molecular flexibility index (Phi) is 19.5. The van der Waals surface area contributed by atoms with E-state index in [-0.39, 0.29) is 95.9 Å². The van der Waals surface area contributed by atoms with Crippen LogP contribution < -0.4 is 39.4 Å². The van der Waals surface area contributed by atoms with E-state index < -0.39 is 30.0 Å². The molecule has 0 amide bonds. The highest BCUT2D eigenvalue weighted by Crippen LogP contribution is 2.45. The lowest BCUT2D eigenvalue weighted by Gasteiger charge is -2.25. The van der Waals surface area contributed by atoms with Crippen molar-refractivity contribution in [1.82, 2.24) is 23.7 Å². The lowest BCUT2D eigenvalue weighted by atomic mass is 10.1. The summed E-state index contributed by atoms with van der Waals surface area (Å²) in [6.07, 6.45) is 0. The van der Waals surface area contributed by atoms with Gasteiger partial charge in [0.25, 0.3) is 20.2 Å². The lowest BCUT2D eigenvalue weighted by Crippen LogP contribution is -2.22. The number of aliphatic hydroxyl groups is 1. The van der Waals surface area contributed by atoms with Gasteiger partial charge in [-0.3, -0.25) is 9.11 Å². The number of thioether (sulfide) groups is 1. The molecule has 0 fully saturated rings. The van der Waals surface area contributed by atoms with Crippen LogP contribution in [-0.2, 0) is 20.2 Å². The molecule has 7 aromatic rings. The number of benzene rings is 4. The molecule has 3 heterocycles. The first-order valence-electron chi connectivity index (χ1n) is 23.8. The van der Waals surface area contributed by atoms with Crippen LogP contribution in [0.5, 0.6) is 23.0 Å². The largest absolute Gasteiger partial charge is 0.495 e. The molecule has 31 heteroatoms. The summed E-state index contributed by atoms with van der Waals surface area (Å²) in [5, 5.41) is 55.5. The van der Waals surface area contributed by atoms with Gasteiger partial charge in [0.1, 0.15) is 78.8 Å². The van der Waals surface area contributed by atoms with Gasteiger partial charge >= 0.3 is 0 Å². The molecule has 5 N–H and O–H groups in total. The van der Waals surface area contributed by atoms with Crippen molar-refractivity contribution >= 4 is 111 Å². The first-order chi connectivity index (χ1) is 38.4. The second-order valence-corrected chi connectivity index (χ2v) is 21.6. The van der Waals surface area contributed by atoms with Crippen molar-refractivity contribution in [1.29, 1.82) is 10.5 Å². The standard InChI is InChI=1S/C49H51N15O11S5/c1-9-63(10-2)35-21-31(33(23-39(35)74-7)57-59-45-29(25-50)43(61-77-45)27-13-15-37(72-5)41(19-27)79(66,67)68)52-47-54-48(56-49(55-47)76-18-17-65)53-32-22-36(64(11-3)12-4)40(75-8)24-34(32)58-60-46-30(26-51)44(62-78-46)28-14-16-38(73-6)42(20-28)80(69,70)71/h13-16,19-24,65H,9-12,17-18H2,1-8H3,(H,66,67,68)(H,69,70,71)(H2,52,53,54,55,56). The second-order valence-electron chi connectivity index (χ2n) is 16.2. The van der Waals surface area contributed by atoms with Crippen molar-refractivity contribution in [3.05, 3.63) is 71.8 Å². The van der Waals surface area contributed by atoms with Crippen molar-refractivity contribution in [2.45, 2.75) is 42.6 Å². The highest BCUT2D eigenvalue weighted by Gasteiger charge is 2.25. The Hall–Kier alpha value is -8.14. The van der Waals surface area contributed by atoms with Gasteiger partial charge in [0.2, 0.25) is 11.9 Å². The van der Waals surface area contributed by atoms with E-state index in [1.807, 2.05) is 37.5 Å². The van der Waals surface area contributed by atoms with E-state index >= 15 is 0 Å². The van der Waals surface area contributed by atoms with E-state index in [0.29, 0.717) is 60.4 Å². The van der Waals surface area contributed by atoms with Crippen molar-refractivity contribution in [3.8, 4) is 57.7 Å². The van der Waals surface area contributed by atoms with Gasteiger partial charge in [-0.2, -0.15) is 51.1 Å². The predicted molar refractivity (Wildman–Crippen MR) is 303 cm³/mol. The third-order valence-electron chi connectivity index (χ3n) is 11.7. The fourth-order valence-corrected chi connectivity index (χ4v) is 11.2. The van der Waals surface area contributed by atoms with Gasteiger partial charge in [0.05, 0.1) is 57.8 Å². The number of nitriles is 2. The zero-order chi connectivity index (χ0) is 57.9. The molecule has 0 unspecified atom stereocenters. The summed E-state index contributed by atoms with van der Waals surface area (Å²) in [6, 6.07) is 18.9. The Morgan fingerprint density at radius 1 is 0.600 bits per heavy atom. The summed E-state index contributed by atoms with van der Waals surface area (Å²) in [4.78, 5) is 17.2. The molecule has 7 rings (SSSR count). The Morgan fingerprint density at radius 3 is 1.34 bits per heavy atom. The molecule has 3 aromatic heterocycles. The van der Waals surface area contributed by atoms with Gasteiger partial charge in [-0.05, 0) is 99.3 Å². The number of aliphatic hydroxyl groups excluding tert-OH is 1. The third-order valence-corrected chi connectivity index (χ3v) is 15.8. The first kappa shape index (κ1) is 59.5. The van der Waals surface area contributed by atoms with E-state index in [1.54, 1.807) is 24.3 Å². The smallest absolute Gasteiger partial charge is 0.298 e. The Morgan fingerprint density at radius 2 is 1.00 bits per heavy atom. The maximum absolute atomic E-state index is 12.2. The third kappa shape index (κ3) is 13.3. The average molecular weight is 1190 g/mol. The fraction of sp³-hybridized carbons (Fsp3) is 0.286. The molecule has 0 spiro atoms. The summed E-state index contributed by atoms with van der Waals surface area (Å²) in [6.45, 7) is 10.1. The number of azo groups is 2. The number of rotatable bonds is 25. The summed E-state index contributed by atoms with van der Waals surface area (Å²) in [5.41, 5.74) is 2.89. The quantitative estimate of drug-likeness (QED) is 0.0202. The van der Waals surface area contributed by atoms with Crippen LogP contribution in [0, 0.1) is 22.7 Å². The van der Waals surface area contributed by atoms with Crippen LogP contribution in [0.3, 0.4) is 0 Å². The van der Waals surface area contributed by atoms with Gasteiger partial charge in [-0.25, -0.2) is 0 Å². The molecule has 0 aliphatic carbocycles. The molecule has 0 saturated carbocycles. The Balaban J connectivity index is 1.33. The number of hydrogen-bond donors (Lipinski definition) is 5. The number of nitrogens with one attached hydrogen (secondary N) is 2. The van der Waals surface area contributed by atoms with Crippen LogP contribution in [0.2, 0.25) is 0 Å². The molecule has 4 aromatic carbocycles. The van der Waals surface area contributed by atoms with Crippen molar-refractivity contribution < 1.29 is 50.0 Å². The highest BCUT2D eigenvalue weighted by molar-refractivity contribution is 7.99. The summed E-state index contributed by atoms with van der Waals surface area (Å²) < 4.78 is 99.4. The van der Waals surface area contributed by atoms with Crippen molar-refractivity contribution in [2.75, 3.05) is 87.4 Å². The van der Waals surface area contributed by atoms with Crippen LogP contribution in [-0.4, -0.2) is 122 Å². The molecular weight excluding hydrogens is 1130 g/mol. The number of anilines is 6. The lowest BCUT2D eigenvalue weighted by molar-refractivity contribution is 0.322. The topological polar surface area (TPSA) is 358 Å². The minimum Gasteiger partial charge on any atom is -0.495 e. The van der Waals surface area contributed by atoms with Crippen LogP contribution in [0.1, 0.15) is 38.8 Å². The summed E-state index contributed by atoms with van der Waals surface area (Å²) in [5.74, 6) is 0.866. The molecule has 0 bridgehead atoms. The molecule has 0 saturated heterocycles. The molecule has 26 nitrogen and oxygen atoms in total. The van der Waals surface area contributed by atoms with Gasteiger partial charge in [0, 0.05) is 55.2 Å². The highest BCUT2D eigenvalue weighted by atomic mass is 32.2. The maximum atomic E-state index is 12.2. The van der Waals surface area contributed by atoms with E-state index in [4.69, 9.17) is 23.9 Å². The van der Waals surface area contributed by atoms with Crippen LogP contribution in [0.4, 0.5) is 56.0 Å². The Bertz CT molecular complexity index is 3560. The second kappa shape index (κ2) is 26.2. The van der Waals surface area contributed by atoms with E-state index in [2.05, 4.69) is 61.9 Å². The molecule has 0 aliphatic rings. The maximum Gasteiger partial charge on any atom is 0.298 e. The van der Waals surface area contributed by atoms with Crippen LogP contribution in [0.25, 0.3) is 22.5 Å². The minimum absolute atomic E-state index is 0.00850. The molecule has 0 radical (unpaired) electrons. The van der Waals surface area contributed by atoms with E-state index in [0.717, 1.165) is 47.0 Å². The number of ether oxygens (including phenoxy) is 4. The van der Waals surface area contributed by atoms with Crippen LogP contribution >= 0.6 is 34.8 Å². The summed E-state index contributed by atoms with van der Waals surface area (Å²) in [7, 11) is -3.94. The molecule has 80 heavy (non-hydrogen) atoms. The van der Waals surface area contributed by atoms with Crippen molar-refractivity contribution in [2.24, 2.45) is 20.5 Å². The molecule has 418 valence electrons. The normalized spacial score (nSPS) is 11.6. The van der Waals surface area contributed by atoms with Crippen molar-refractivity contribution in [3.63, 3.8) is 0 Å². The zero-order valence-corrected chi connectivity index (χ0v) is 48.1. The minimum atomic E-state index is -4.72.